The van der Waals surface area contributed by atoms with Crippen LogP contribution in [0.15, 0.2) is 30.3 Å². The highest BCUT2D eigenvalue weighted by Gasteiger charge is 2.34. The number of nitrogens with one attached hydrogen (secondary N) is 1. The molecule has 0 aliphatic heterocycles. The summed E-state index contributed by atoms with van der Waals surface area (Å²) in [7, 11) is 0. The molecular weight excluding hydrogens is 192 g/mol. The molecule has 15 heavy (non-hydrogen) atoms. The Balaban J connectivity index is 1.71. The van der Waals surface area contributed by atoms with Crippen LogP contribution in [0.3, 0.4) is 0 Å². The van der Waals surface area contributed by atoms with Crippen molar-refractivity contribution in [2.24, 2.45) is 5.73 Å². The van der Waals surface area contributed by atoms with Crippen molar-refractivity contribution in [3.63, 3.8) is 0 Å². The minimum absolute atomic E-state index is 0.0488. The SMILES string of the molecule is NC1CC1NC(=O)COc1ccccc1. The smallest absolute Gasteiger partial charge is 0.258 e. The van der Waals surface area contributed by atoms with E-state index < -0.39 is 0 Å². The molecule has 80 valence electrons. The number of nitrogens with two attached hydrogens (primary N) is 1. The van der Waals surface area contributed by atoms with Gasteiger partial charge in [-0.25, -0.2) is 0 Å². The van der Waals surface area contributed by atoms with Gasteiger partial charge in [-0.1, -0.05) is 18.2 Å². The van der Waals surface area contributed by atoms with Crippen molar-refractivity contribution in [1.82, 2.24) is 5.32 Å². The molecule has 3 N–H and O–H groups in total. The Morgan fingerprint density at radius 1 is 1.47 bits per heavy atom. The number of carbonyl (C=O) groups excluding carboxylic acids is 1. The standard InChI is InChI=1S/C11H14N2O2/c12-9-6-10(9)13-11(14)7-15-8-4-2-1-3-5-8/h1-5,9-10H,6-7,12H2,(H,13,14). The molecule has 2 rings (SSSR count). The summed E-state index contributed by atoms with van der Waals surface area (Å²) in [4.78, 5) is 11.3. The van der Waals surface area contributed by atoms with Crippen molar-refractivity contribution in [2.75, 3.05) is 6.61 Å². The molecule has 1 aliphatic carbocycles. The molecule has 1 aromatic rings. The summed E-state index contributed by atoms with van der Waals surface area (Å²) >= 11 is 0. The minimum Gasteiger partial charge on any atom is -0.484 e. The molecule has 1 aliphatic rings. The van der Waals surface area contributed by atoms with E-state index in [0.29, 0.717) is 5.75 Å². The Morgan fingerprint density at radius 2 is 2.13 bits per heavy atom. The van der Waals surface area contributed by atoms with Crippen LogP contribution in [-0.4, -0.2) is 24.6 Å². The van der Waals surface area contributed by atoms with Gasteiger partial charge in [0.2, 0.25) is 0 Å². The van der Waals surface area contributed by atoms with Gasteiger partial charge in [0.1, 0.15) is 5.75 Å². The molecule has 1 aromatic carbocycles. The van der Waals surface area contributed by atoms with Gasteiger partial charge in [-0.15, -0.1) is 0 Å². The van der Waals surface area contributed by atoms with Crippen molar-refractivity contribution in [3.05, 3.63) is 30.3 Å². The fourth-order valence-corrected chi connectivity index (χ4v) is 1.29. The first-order chi connectivity index (χ1) is 7.25. The zero-order valence-electron chi connectivity index (χ0n) is 8.35. The van der Waals surface area contributed by atoms with E-state index in [1.807, 2.05) is 30.3 Å². The lowest BCUT2D eigenvalue weighted by Gasteiger charge is -2.06. The minimum atomic E-state index is -0.114. The number of benzene rings is 1. The lowest BCUT2D eigenvalue weighted by Crippen LogP contribution is -2.33. The van der Waals surface area contributed by atoms with Crippen LogP contribution >= 0.6 is 0 Å². The van der Waals surface area contributed by atoms with E-state index >= 15 is 0 Å². The van der Waals surface area contributed by atoms with Crippen LogP contribution in [0.4, 0.5) is 0 Å². The highest BCUT2D eigenvalue weighted by Crippen LogP contribution is 2.17. The third kappa shape index (κ3) is 2.95. The van der Waals surface area contributed by atoms with E-state index in [2.05, 4.69) is 5.32 Å². The average Bonchev–Trinajstić information content (AvgIpc) is 2.93. The molecular formula is C11H14N2O2. The zero-order chi connectivity index (χ0) is 10.7. The number of ether oxygens (including phenoxy) is 1. The second kappa shape index (κ2) is 4.31. The second-order valence-electron chi connectivity index (χ2n) is 3.68. The predicted molar refractivity (Wildman–Crippen MR) is 56.5 cm³/mol. The third-order valence-corrected chi connectivity index (χ3v) is 2.30. The van der Waals surface area contributed by atoms with Crippen LogP contribution in [0.2, 0.25) is 0 Å². The van der Waals surface area contributed by atoms with Crippen molar-refractivity contribution >= 4 is 5.91 Å². The summed E-state index contributed by atoms with van der Waals surface area (Å²) < 4.78 is 5.28. The van der Waals surface area contributed by atoms with Crippen LogP contribution in [0.1, 0.15) is 6.42 Å². The van der Waals surface area contributed by atoms with Crippen LogP contribution in [0.5, 0.6) is 5.75 Å². The highest BCUT2D eigenvalue weighted by atomic mass is 16.5. The fraction of sp³-hybridized carbons (Fsp3) is 0.364. The first-order valence-corrected chi connectivity index (χ1v) is 4.98. The monoisotopic (exact) mass is 206 g/mol. The number of carbonyl (C=O) groups is 1. The molecule has 1 saturated carbocycles. The first-order valence-electron chi connectivity index (χ1n) is 4.98. The maximum absolute atomic E-state index is 11.3. The maximum atomic E-state index is 11.3. The molecule has 0 saturated heterocycles. The number of amides is 1. The zero-order valence-corrected chi connectivity index (χ0v) is 8.35. The van der Waals surface area contributed by atoms with E-state index in [4.69, 9.17) is 10.5 Å². The Hall–Kier alpha value is -1.55. The second-order valence-corrected chi connectivity index (χ2v) is 3.68. The van der Waals surface area contributed by atoms with Gasteiger partial charge in [-0.2, -0.15) is 0 Å². The summed E-state index contributed by atoms with van der Waals surface area (Å²) in [6.45, 7) is 0.0488. The Morgan fingerprint density at radius 3 is 2.73 bits per heavy atom. The molecule has 0 heterocycles. The maximum Gasteiger partial charge on any atom is 0.258 e. The van der Waals surface area contributed by atoms with Gasteiger partial charge >= 0.3 is 0 Å². The quantitative estimate of drug-likeness (QED) is 0.743. The van der Waals surface area contributed by atoms with Gasteiger partial charge in [-0.05, 0) is 18.6 Å². The van der Waals surface area contributed by atoms with Gasteiger partial charge in [0.25, 0.3) is 5.91 Å². The molecule has 0 radical (unpaired) electrons. The van der Waals surface area contributed by atoms with Crippen LogP contribution in [0, 0.1) is 0 Å². The van der Waals surface area contributed by atoms with Crippen molar-refractivity contribution in [3.8, 4) is 5.75 Å². The summed E-state index contributed by atoms with van der Waals surface area (Å²) in [6.07, 6.45) is 0.872. The molecule has 2 unspecified atom stereocenters. The van der Waals surface area contributed by atoms with Crippen molar-refractivity contribution in [1.29, 1.82) is 0 Å². The van der Waals surface area contributed by atoms with E-state index in [1.165, 1.54) is 0 Å². The molecule has 1 fully saturated rings. The van der Waals surface area contributed by atoms with Gasteiger partial charge < -0.3 is 15.8 Å². The lowest BCUT2D eigenvalue weighted by atomic mass is 10.3. The topological polar surface area (TPSA) is 64.3 Å². The normalized spacial score (nSPS) is 23.3. The van der Waals surface area contributed by atoms with E-state index in [1.54, 1.807) is 0 Å². The summed E-state index contributed by atoms with van der Waals surface area (Å²) in [5.74, 6) is 0.588. The van der Waals surface area contributed by atoms with Crippen LogP contribution in [-0.2, 0) is 4.79 Å². The molecule has 0 bridgehead atoms. The molecule has 0 spiro atoms. The number of para-hydroxylation sites is 1. The van der Waals surface area contributed by atoms with E-state index in [9.17, 15) is 4.79 Å². The Labute approximate surface area is 88.4 Å². The fourth-order valence-electron chi connectivity index (χ4n) is 1.29. The largest absolute Gasteiger partial charge is 0.484 e. The predicted octanol–water partition coefficient (Wildman–Crippen LogP) is 0.281. The van der Waals surface area contributed by atoms with Gasteiger partial charge in [0.15, 0.2) is 6.61 Å². The summed E-state index contributed by atoms with van der Waals surface area (Å²) in [5, 5.41) is 2.78. The molecule has 4 nitrogen and oxygen atoms in total. The molecule has 1 amide bonds. The highest BCUT2D eigenvalue weighted by molar-refractivity contribution is 5.78. The first kappa shape index (κ1) is 9.98. The third-order valence-electron chi connectivity index (χ3n) is 2.30. The number of rotatable bonds is 4. The molecule has 4 heteroatoms. The molecule has 2 atom stereocenters. The van der Waals surface area contributed by atoms with Gasteiger partial charge in [0, 0.05) is 12.1 Å². The van der Waals surface area contributed by atoms with Crippen LogP contribution in [0.25, 0.3) is 0 Å². The lowest BCUT2D eigenvalue weighted by molar-refractivity contribution is -0.123. The van der Waals surface area contributed by atoms with Gasteiger partial charge in [-0.3, -0.25) is 4.79 Å². The average molecular weight is 206 g/mol. The van der Waals surface area contributed by atoms with Crippen molar-refractivity contribution in [2.45, 2.75) is 18.5 Å². The van der Waals surface area contributed by atoms with E-state index in [-0.39, 0.29) is 24.6 Å². The van der Waals surface area contributed by atoms with Crippen molar-refractivity contribution < 1.29 is 9.53 Å². The summed E-state index contributed by atoms with van der Waals surface area (Å²) in [6, 6.07) is 9.54. The van der Waals surface area contributed by atoms with E-state index in [0.717, 1.165) is 6.42 Å². The van der Waals surface area contributed by atoms with Gasteiger partial charge in [0.05, 0.1) is 0 Å². The number of hydrogen-bond acceptors (Lipinski definition) is 3. The Bertz CT molecular complexity index is 340. The van der Waals surface area contributed by atoms with Crippen LogP contribution < -0.4 is 15.8 Å². The molecule has 0 aromatic heterocycles. The number of hydrogen-bond donors (Lipinski definition) is 2. The summed E-state index contributed by atoms with van der Waals surface area (Å²) in [5.41, 5.74) is 5.57. The Kier molecular flexibility index (Phi) is 2.87.